The van der Waals surface area contributed by atoms with Gasteiger partial charge in [0.25, 0.3) is 0 Å². The Balaban J connectivity index is 1.53. The molecule has 0 amide bonds. The minimum absolute atomic E-state index is 0.207. The number of fused-ring (bicyclic) bond motifs is 1. The van der Waals surface area contributed by atoms with Crippen molar-refractivity contribution < 1.29 is 9.90 Å². The van der Waals surface area contributed by atoms with E-state index >= 15 is 0 Å². The number of nitrogens with one attached hydrogen (secondary N) is 1. The van der Waals surface area contributed by atoms with E-state index in [1.54, 1.807) is 15.9 Å². The monoisotopic (exact) mass is 343 g/mol. The summed E-state index contributed by atoms with van der Waals surface area (Å²) >= 11 is 1.61. The lowest BCUT2D eigenvalue weighted by molar-refractivity contribution is -0.142. The Bertz CT molecular complexity index is 853. The van der Waals surface area contributed by atoms with Crippen LogP contribution in [-0.4, -0.2) is 36.9 Å². The predicted molar refractivity (Wildman–Crippen MR) is 91.1 cm³/mol. The van der Waals surface area contributed by atoms with Crippen molar-refractivity contribution in [1.29, 1.82) is 0 Å². The summed E-state index contributed by atoms with van der Waals surface area (Å²) in [6.07, 6.45) is 3.11. The molecular formula is C16H17N5O2S. The van der Waals surface area contributed by atoms with Crippen molar-refractivity contribution in [3.8, 4) is 11.4 Å². The number of carboxylic acids is 1. The van der Waals surface area contributed by atoms with Gasteiger partial charge in [-0.2, -0.15) is 15.9 Å². The molecule has 1 saturated carbocycles. The highest BCUT2D eigenvalue weighted by molar-refractivity contribution is 7.08. The summed E-state index contributed by atoms with van der Waals surface area (Å²) in [5.74, 6) is 0.599. The van der Waals surface area contributed by atoms with Crippen LogP contribution in [0.5, 0.6) is 0 Å². The first-order chi connectivity index (χ1) is 11.7. The van der Waals surface area contributed by atoms with Gasteiger partial charge in [0.15, 0.2) is 11.5 Å². The third-order valence-electron chi connectivity index (χ3n) is 4.47. The summed E-state index contributed by atoms with van der Waals surface area (Å²) in [5.41, 5.74) is 1.70. The van der Waals surface area contributed by atoms with E-state index < -0.39 is 5.97 Å². The average molecular weight is 343 g/mol. The zero-order valence-corrected chi connectivity index (χ0v) is 13.7. The summed E-state index contributed by atoms with van der Waals surface area (Å²) < 4.78 is 1.74. The maximum absolute atomic E-state index is 11.0. The summed E-state index contributed by atoms with van der Waals surface area (Å²) in [7, 11) is 0. The van der Waals surface area contributed by atoms with E-state index in [2.05, 4.69) is 20.6 Å². The highest BCUT2D eigenvalue weighted by Gasteiger charge is 2.26. The van der Waals surface area contributed by atoms with E-state index in [-0.39, 0.29) is 12.0 Å². The molecule has 3 aromatic heterocycles. The summed E-state index contributed by atoms with van der Waals surface area (Å²) in [5, 5.41) is 29.5. The molecule has 124 valence electrons. The van der Waals surface area contributed by atoms with Crippen LogP contribution < -0.4 is 5.32 Å². The van der Waals surface area contributed by atoms with Crippen LogP contribution in [0.15, 0.2) is 29.0 Å². The minimum Gasteiger partial charge on any atom is -0.481 e. The predicted octanol–water partition coefficient (Wildman–Crippen LogP) is 2.91. The largest absolute Gasteiger partial charge is 0.481 e. The molecule has 1 aliphatic rings. The van der Waals surface area contributed by atoms with Crippen molar-refractivity contribution >= 4 is 28.8 Å². The molecule has 8 heteroatoms. The number of rotatable bonds is 4. The first-order valence-corrected chi connectivity index (χ1v) is 8.89. The number of aliphatic carboxylic acids is 1. The number of carboxylic acid groups (broad SMARTS) is 1. The van der Waals surface area contributed by atoms with Crippen molar-refractivity contribution in [3.05, 3.63) is 29.0 Å². The fourth-order valence-corrected chi connectivity index (χ4v) is 3.77. The first kappa shape index (κ1) is 15.1. The number of hydrogen-bond acceptors (Lipinski definition) is 6. The van der Waals surface area contributed by atoms with E-state index in [9.17, 15) is 4.79 Å². The van der Waals surface area contributed by atoms with Crippen LogP contribution in [0.25, 0.3) is 17.0 Å². The van der Waals surface area contributed by atoms with Gasteiger partial charge in [0, 0.05) is 17.0 Å². The molecule has 7 nitrogen and oxygen atoms in total. The number of hydrogen-bond donors (Lipinski definition) is 2. The molecule has 24 heavy (non-hydrogen) atoms. The Hall–Kier alpha value is -2.48. The third kappa shape index (κ3) is 2.84. The molecule has 0 unspecified atom stereocenters. The van der Waals surface area contributed by atoms with E-state index in [4.69, 9.17) is 5.11 Å². The lowest BCUT2D eigenvalue weighted by Gasteiger charge is -2.27. The second-order valence-corrected chi connectivity index (χ2v) is 6.84. The molecule has 0 radical (unpaired) electrons. The maximum Gasteiger partial charge on any atom is 0.306 e. The van der Waals surface area contributed by atoms with E-state index in [0.717, 1.165) is 30.0 Å². The molecule has 2 N–H and O–H groups in total. The zero-order valence-electron chi connectivity index (χ0n) is 12.9. The topological polar surface area (TPSA) is 92.4 Å². The standard InChI is InChI=1S/C16H17N5O2S/c22-16(23)10-1-3-12(4-2-10)17-13-5-6-14-18-19-15(21(14)20-13)11-7-8-24-9-11/h5-10,12H,1-4H2,(H,17,20)(H,22,23). The fourth-order valence-electron chi connectivity index (χ4n) is 3.13. The van der Waals surface area contributed by atoms with Gasteiger partial charge in [-0.05, 0) is 49.3 Å². The zero-order chi connectivity index (χ0) is 16.5. The third-order valence-corrected chi connectivity index (χ3v) is 5.15. The van der Waals surface area contributed by atoms with Gasteiger partial charge in [0.05, 0.1) is 5.92 Å². The van der Waals surface area contributed by atoms with Crippen LogP contribution >= 0.6 is 11.3 Å². The number of nitrogens with zero attached hydrogens (tertiary/aromatic N) is 4. The van der Waals surface area contributed by atoms with Gasteiger partial charge in [0.1, 0.15) is 5.82 Å². The van der Waals surface area contributed by atoms with Crippen LogP contribution in [-0.2, 0) is 4.79 Å². The highest BCUT2D eigenvalue weighted by atomic mass is 32.1. The van der Waals surface area contributed by atoms with Crippen molar-refractivity contribution in [3.63, 3.8) is 0 Å². The van der Waals surface area contributed by atoms with Gasteiger partial charge in [-0.3, -0.25) is 4.79 Å². The Morgan fingerprint density at radius 1 is 1.21 bits per heavy atom. The van der Waals surface area contributed by atoms with Crippen LogP contribution in [0.2, 0.25) is 0 Å². The Kier molecular flexibility index (Phi) is 3.89. The Morgan fingerprint density at radius 3 is 2.75 bits per heavy atom. The molecule has 0 bridgehead atoms. The van der Waals surface area contributed by atoms with Gasteiger partial charge in [-0.15, -0.1) is 15.3 Å². The van der Waals surface area contributed by atoms with Gasteiger partial charge < -0.3 is 10.4 Å². The Labute approximate surface area is 142 Å². The second-order valence-electron chi connectivity index (χ2n) is 6.06. The highest BCUT2D eigenvalue weighted by Crippen LogP contribution is 2.27. The molecule has 1 fully saturated rings. The molecule has 1 aliphatic carbocycles. The first-order valence-electron chi connectivity index (χ1n) is 7.95. The molecule has 0 atom stereocenters. The molecule has 0 aliphatic heterocycles. The summed E-state index contributed by atoms with van der Waals surface area (Å²) in [6.45, 7) is 0. The smallest absolute Gasteiger partial charge is 0.306 e. The van der Waals surface area contributed by atoms with Gasteiger partial charge in [-0.25, -0.2) is 0 Å². The van der Waals surface area contributed by atoms with E-state index in [1.165, 1.54) is 0 Å². The van der Waals surface area contributed by atoms with Crippen LogP contribution in [0.3, 0.4) is 0 Å². The second kappa shape index (κ2) is 6.20. The summed E-state index contributed by atoms with van der Waals surface area (Å²) in [4.78, 5) is 11.0. The lowest BCUT2D eigenvalue weighted by Crippen LogP contribution is -2.29. The lowest BCUT2D eigenvalue weighted by atomic mass is 9.86. The van der Waals surface area contributed by atoms with Crippen molar-refractivity contribution in [2.75, 3.05) is 5.32 Å². The average Bonchev–Trinajstić information content (AvgIpc) is 3.24. The van der Waals surface area contributed by atoms with Crippen LogP contribution in [0, 0.1) is 5.92 Å². The molecule has 3 aromatic rings. The normalized spacial score (nSPS) is 21.0. The van der Waals surface area contributed by atoms with Crippen molar-refractivity contribution in [2.45, 2.75) is 31.7 Å². The molecule has 0 aromatic carbocycles. The quantitative estimate of drug-likeness (QED) is 0.757. The molecular weight excluding hydrogens is 326 g/mol. The Morgan fingerprint density at radius 2 is 2.04 bits per heavy atom. The van der Waals surface area contributed by atoms with Crippen molar-refractivity contribution in [1.82, 2.24) is 19.8 Å². The van der Waals surface area contributed by atoms with Gasteiger partial charge in [0.2, 0.25) is 0 Å². The van der Waals surface area contributed by atoms with E-state index in [0.29, 0.717) is 18.5 Å². The number of thiophene rings is 1. The van der Waals surface area contributed by atoms with Crippen LogP contribution in [0.4, 0.5) is 5.82 Å². The molecule has 0 saturated heterocycles. The molecule has 3 heterocycles. The summed E-state index contributed by atoms with van der Waals surface area (Å²) in [6, 6.07) is 6.04. The minimum atomic E-state index is -0.683. The van der Waals surface area contributed by atoms with Crippen LogP contribution in [0.1, 0.15) is 25.7 Å². The van der Waals surface area contributed by atoms with Gasteiger partial charge >= 0.3 is 5.97 Å². The maximum atomic E-state index is 11.0. The fraction of sp³-hybridized carbons (Fsp3) is 0.375. The molecule has 0 spiro atoms. The van der Waals surface area contributed by atoms with Gasteiger partial charge in [-0.1, -0.05) is 0 Å². The number of carbonyl (C=O) groups is 1. The number of aromatic nitrogens is 4. The van der Waals surface area contributed by atoms with Crippen molar-refractivity contribution in [2.24, 2.45) is 5.92 Å². The SMILES string of the molecule is O=C(O)C1CCC(Nc2ccc3nnc(-c4ccsc4)n3n2)CC1. The molecule has 4 rings (SSSR count). The number of anilines is 1. The van der Waals surface area contributed by atoms with E-state index in [1.807, 2.05) is 29.0 Å².